The highest BCUT2D eigenvalue weighted by atomic mass is 16.5. The fraction of sp³-hybridized carbons (Fsp3) is 0.600. The van der Waals surface area contributed by atoms with Crippen LogP contribution in [0.25, 0.3) is 0 Å². The number of hydrogen-bond donors (Lipinski definition) is 1. The molecule has 112 valence electrons. The van der Waals surface area contributed by atoms with Crippen molar-refractivity contribution in [2.75, 3.05) is 34.4 Å². The maximum Gasteiger partial charge on any atom is 0.203 e. The normalized spacial score (nSPS) is 19.1. The van der Waals surface area contributed by atoms with Crippen LogP contribution < -0.4 is 19.9 Å². The molecule has 1 heterocycles. The van der Waals surface area contributed by atoms with E-state index in [1.807, 2.05) is 12.1 Å². The van der Waals surface area contributed by atoms with Crippen LogP contribution in [0.5, 0.6) is 17.2 Å². The Morgan fingerprint density at radius 3 is 2.50 bits per heavy atom. The van der Waals surface area contributed by atoms with E-state index >= 15 is 0 Å². The van der Waals surface area contributed by atoms with Crippen molar-refractivity contribution in [3.63, 3.8) is 0 Å². The lowest BCUT2D eigenvalue weighted by Crippen LogP contribution is -2.34. The largest absolute Gasteiger partial charge is 0.493 e. The first-order chi connectivity index (χ1) is 9.74. The molecule has 1 saturated heterocycles. The average Bonchev–Trinajstić information content (AvgIpc) is 2.93. The second-order valence-electron chi connectivity index (χ2n) is 5.00. The van der Waals surface area contributed by atoms with Crippen LogP contribution in [0.2, 0.25) is 0 Å². The van der Waals surface area contributed by atoms with E-state index < -0.39 is 0 Å². The van der Waals surface area contributed by atoms with Gasteiger partial charge in [-0.2, -0.15) is 0 Å². The highest BCUT2D eigenvalue weighted by Crippen LogP contribution is 2.40. The zero-order valence-electron chi connectivity index (χ0n) is 12.5. The third-order valence-corrected chi connectivity index (χ3v) is 3.93. The predicted molar refractivity (Wildman–Crippen MR) is 78.6 cm³/mol. The molecule has 0 aromatic heterocycles. The van der Waals surface area contributed by atoms with Crippen molar-refractivity contribution in [2.24, 2.45) is 5.73 Å². The Morgan fingerprint density at radius 1 is 1.15 bits per heavy atom. The molecule has 2 N–H and O–H groups in total. The SMILES string of the molecule is COc1ccc(CN2CCCC2CN)c(OC)c1OC. The lowest BCUT2D eigenvalue weighted by Gasteiger charge is -2.25. The van der Waals surface area contributed by atoms with Gasteiger partial charge >= 0.3 is 0 Å². The molecule has 0 radical (unpaired) electrons. The minimum absolute atomic E-state index is 0.466. The topological polar surface area (TPSA) is 57.0 Å². The minimum Gasteiger partial charge on any atom is -0.493 e. The van der Waals surface area contributed by atoms with Crippen molar-refractivity contribution in [3.05, 3.63) is 17.7 Å². The number of nitrogens with two attached hydrogens (primary N) is 1. The molecule has 1 atom stereocenters. The van der Waals surface area contributed by atoms with Crippen LogP contribution >= 0.6 is 0 Å². The summed E-state index contributed by atoms with van der Waals surface area (Å²) in [6.45, 7) is 2.61. The molecular formula is C15H24N2O3. The molecule has 1 fully saturated rings. The molecule has 1 unspecified atom stereocenters. The number of ether oxygens (including phenoxy) is 3. The molecule has 20 heavy (non-hydrogen) atoms. The molecule has 1 aliphatic rings. The van der Waals surface area contributed by atoms with Gasteiger partial charge in [-0.3, -0.25) is 4.90 Å². The molecular weight excluding hydrogens is 256 g/mol. The Hall–Kier alpha value is -1.46. The summed E-state index contributed by atoms with van der Waals surface area (Å²) in [6, 6.07) is 4.42. The summed E-state index contributed by atoms with van der Waals surface area (Å²) in [6.07, 6.45) is 2.38. The van der Waals surface area contributed by atoms with E-state index in [-0.39, 0.29) is 0 Å². The molecule has 0 amide bonds. The van der Waals surface area contributed by atoms with Crippen molar-refractivity contribution in [1.82, 2.24) is 4.90 Å². The van der Waals surface area contributed by atoms with Crippen LogP contribution in [0.4, 0.5) is 0 Å². The van der Waals surface area contributed by atoms with Crippen LogP contribution in [-0.2, 0) is 6.54 Å². The standard InChI is InChI=1S/C15H24N2O3/c1-18-13-7-6-11(14(19-2)15(13)20-3)10-17-8-4-5-12(17)9-16/h6-7,12H,4-5,8-10,16H2,1-3H3. The lowest BCUT2D eigenvalue weighted by atomic mass is 10.1. The highest BCUT2D eigenvalue weighted by Gasteiger charge is 2.25. The van der Waals surface area contributed by atoms with Crippen molar-refractivity contribution >= 4 is 0 Å². The van der Waals surface area contributed by atoms with Crippen LogP contribution in [0.3, 0.4) is 0 Å². The van der Waals surface area contributed by atoms with Crippen molar-refractivity contribution in [1.29, 1.82) is 0 Å². The van der Waals surface area contributed by atoms with E-state index in [2.05, 4.69) is 4.90 Å². The third kappa shape index (κ3) is 2.83. The minimum atomic E-state index is 0.466. The summed E-state index contributed by atoms with van der Waals surface area (Å²) >= 11 is 0. The van der Waals surface area contributed by atoms with Crippen molar-refractivity contribution in [2.45, 2.75) is 25.4 Å². The van der Waals surface area contributed by atoms with E-state index in [4.69, 9.17) is 19.9 Å². The number of hydrogen-bond acceptors (Lipinski definition) is 5. The Bertz CT molecular complexity index is 451. The fourth-order valence-corrected chi connectivity index (χ4v) is 2.88. The van der Waals surface area contributed by atoms with E-state index in [1.54, 1.807) is 21.3 Å². The molecule has 1 aliphatic heterocycles. The van der Waals surface area contributed by atoms with Gasteiger partial charge in [0.25, 0.3) is 0 Å². The van der Waals surface area contributed by atoms with Gasteiger partial charge in [-0.05, 0) is 25.5 Å². The lowest BCUT2D eigenvalue weighted by molar-refractivity contribution is 0.244. The van der Waals surface area contributed by atoms with Crippen molar-refractivity contribution in [3.8, 4) is 17.2 Å². The van der Waals surface area contributed by atoms with Crippen LogP contribution in [0, 0.1) is 0 Å². The van der Waals surface area contributed by atoms with Crippen LogP contribution in [-0.4, -0.2) is 45.4 Å². The molecule has 0 aliphatic carbocycles. The number of methoxy groups -OCH3 is 3. The number of rotatable bonds is 6. The monoisotopic (exact) mass is 280 g/mol. The van der Waals surface area contributed by atoms with Crippen LogP contribution in [0.1, 0.15) is 18.4 Å². The molecule has 0 saturated carbocycles. The van der Waals surface area contributed by atoms with Gasteiger partial charge in [-0.1, -0.05) is 6.07 Å². The van der Waals surface area contributed by atoms with Gasteiger partial charge < -0.3 is 19.9 Å². The van der Waals surface area contributed by atoms with Gasteiger partial charge in [0.1, 0.15) is 0 Å². The second kappa shape index (κ2) is 6.81. The molecule has 0 spiro atoms. The van der Waals surface area contributed by atoms with Crippen LogP contribution in [0.15, 0.2) is 12.1 Å². The first-order valence-electron chi connectivity index (χ1n) is 6.97. The van der Waals surface area contributed by atoms with E-state index in [0.29, 0.717) is 24.1 Å². The maximum absolute atomic E-state index is 5.83. The maximum atomic E-state index is 5.83. The molecule has 1 aromatic rings. The van der Waals surface area contributed by atoms with Crippen molar-refractivity contribution < 1.29 is 14.2 Å². The molecule has 5 heteroatoms. The Balaban J connectivity index is 2.27. The molecule has 0 bridgehead atoms. The van der Waals surface area contributed by atoms with Gasteiger partial charge in [0.15, 0.2) is 11.5 Å². The quantitative estimate of drug-likeness (QED) is 0.858. The number of nitrogens with zero attached hydrogens (tertiary/aromatic N) is 1. The Kier molecular flexibility index (Phi) is 5.09. The number of benzene rings is 1. The molecule has 1 aromatic carbocycles. The van der Waals surface area contributed by atoms with Gasteiger partial charge in [0.05, 0.1) is 21.3 Å². The number of likely N-dealkylation sites (tertiary alicyclic amines) is 1. The first-order valence-corrected chi connectivity index (χ1v) is 6.97. The zero-order chi connectivity index (χ0) is 14.5. The summed E-state index contributed by atoms with van der Waals surface area (Å²) in [4.78, 5) is 2.41. The predicted octanol–water partition coefficient (Wildman–Crippen LogP) is 1.64. The zero-order valence-corrected chi connectivity index (χ0v) is 12.5. The molecule has 2 rings (SSSR count). The summed E-state index contributed by atoms with van der Waals surface area (Å²) in [7, 11) is 4.91. The highest BCUT2D eigenvalue weighted by molar-refractivity contribution is 5.55. The van der Waals surface area contributed by atoms with E-state index in [0.717, 1.165) is 24.4 Å². The summed E-state index contributed by atoms with van der Waals surface area (Å²) in [5.41, 5.74) is 6.93. The first kappa shape index (κ1) is 14.9. The summed E-state index contributed by atoms with van der Waals surface area (Å²) in [5.74, 6) is 2.08. The second-order valence-corrected chi connectivity index (χ2v) is 5.00. The Labute approximate surface area is 120 Å². The summed E-state index contributed by atoms with van der Waals surface area (Å²) < 4.78 is 16.3. The third-order valence-electron chi connectivity index (χ3n) is 3.93. The molecule has 5 nitrogen and oxygen atoms in total. The van der Waals surface area contributed by atoms with Gasteiger partial charge in [-0.15, -0.1) is 0 Å². The van der Waals surface area contributed by atoms with E-state index in [9.17, 15) is 0 Å². The van der Waals surface area contributed by atoms with Gasteiger partial charge in [0, 0.05) is 24.7 Å². The van der Waals surface area contributed by atoms with Gasteiger partial charge in [0.2, 0.25) is 5.75 Å². The van der Waals surface area contributed by atoms with E-state index in [1.165, 1.54) is 12.8 Å². The Morgan fingerprint density at radius 2 is 1.90 bits per heavy atom. The van der Waals surface area contributed by atoms with Gasteiger partial charge in [-0.25, -0.2) is 0 Å². The average molecular weight is 280 g/mol. The summed E-state index contributed by atoms with van der Waals surface area (Å²) in [5, 5.41) is 0. The fourth-order valence-electron chi connectivity index (χ4n) is 2.88. The smallest absolute Gasteiger partial charge is 0.203 e.